The van der Waals surface area contributed by atoms with Crippen molar-refractivity contribution in [3.63, 3.8) is 0 Å². The zero-order valence-electron chi connectivity index (χ0n) is 17.3. The molecule has 0 saturated heterocycles. The van der Waals surface area contributed by atoms with Crippen molar-refractivity contribution in [2.75, 3.05) is 12.0 Å². The lowest BCUT2D eigenvalue weighted by Crippen LogP contribution is -2.48. The summed E-state index contributed by atoms with van der Waals surface area (Å²) in [6, 6.07) is 2.29. The van der Waals surface area contributed by atoms with Gasteiger partial charge in [-0.2, -0.15) is 0 Å². The van der Waals surface area contributed by atoms with Crippen molar-refractivity contribution in [3.05, 3.63) is 15.8 Å². The highest BCUT2D eigenvalue weighted by Gasteiger charge is 2.38. The Morgan fingerprint density at radius 3 is 2.22 bits per heavy atom. The number of hydrogen-bond donors (Lipinski definition) is 0. The molecule has 0 unspecified atom stereocenters. The fourth-order valence-electron chi connectivity index (χ4n) is 4.01. The first-order chi connectivity index (χ1) is 12.7. The van der Waals surface area contributed by atoms with Crippen molar-refractivity contribution >= 4 is 28.9 Å². The van der Waals surface area contributed by atoms with Crippen molar-refractivity contribution in [3.8, 4) is 0 Å². The molecule has 3 rings (SSSR count). The van der Waals surface area contributed by atoms with Crippen LogP contribution in [0.5, 0.6) is 0 Å². The lowest BCUT2D eigenvalue weighted by Gasteiger charge is -2.40. The highest BCUT2D eigenvalue weighted by Crippen LogP contribution is 2.42. The first-order valence-corrected chi connectivity index (χ1v) is 11.1. The second-order valence-electron chi connectivity index (χ2n) is 9.32. The van der Waals surface area contributed by atoms with Crippen LogP contribution in [-0.2, 0) is 14.9 Å². The molecule has 0 spiro atoms. The average Bonchev–Trinajstić information content (AvgIpc) is 3.02. The number of carbonyl (C=O) groups excluding carboxylic acids is 2. The fraction of sp³-hybridized carbons (Fsp3) is 0.727. The Morgan fingerprint density at radius 2 is 1.74 bits per heavy atom. The van der Waals surface area contributed by atoms with Crippen LogP contribution in [0.2, 0.25) is 0 Å². The van der Waals surface area contributed by atoms with Gasteiger partial charge in [0.1, 0.15) is 4.88 Å². The number of rotatable bonds is 4. The molecular formula is C22H33NO3S. The minimum absolute atomic E-state index is 0.0692. The molecule has 4 nitrogen and oxygen atoms in total. The topological polar surface area (TPSA) is 46.6 Å². The van der Waals surface area contributed by atoms with Crippen molar-refractivity contribution in [1.29, 1.82) is 0 Å². The molecule has 0 bridgehead atoms. The third-order valence-corrected chi connectivity index (χ3v) is 7.65. The van der Waals surface area contributed by atoms with Gasteiger partial charge in [0.05, 0.1) is 12.8 Å². The molecule has 0 N–H and O–H groups in total. The van der Waals surface area contributed by atoms with Crippen LogP contribution in [0.1, 0.15) is 87.2 Å². The summed E-state index contributed by atoms with van der Waals surface area (Å²) in [4.78, 5) is 29.7. The molecule has 27 heavy (non-hydrogen) atoms. The van der Waals surface area contributed by atoms with E-state index in [0.717, 1.165) is 55.5 Å². The molecule has 2 aliphatic carbocycles. The predicted octanol–water partition coefficient (Wildman–Crippen LogP) is 5.54. The third-order valence-electron chi connectivity index (χ3n) is 6.12. The highest BCUT2D eigenvalue weighted by atomic mass is 32.1. The van der Waals surface area contributed by atoms with E-state index in [4.69, 9.17) is 4.74 Å². The van der Waals surface area contributed by atoms with E-state index in [9.17, 15) is 9.59 Å². The van der Waals surface area contributed by atoms with Gasteiger partial charge in [-0.05, 0) is 62.3 Å². The fourth-order valence-corrected chi connectivity index (χ4v) is 5.14. The molecule has 2 saturated carbocycles. The van der Waals surface area contributed by atoms with Gasteiger partial charge in [0.15, 0.2) is 0 Å². The van der Waals surface area contributed by atoms with Crippen molar-refractivity contribution in [2.24, 2.45) is 11.8 Å². The van der Waals surface area contributed by atoms with Gasteiger partial charge in [-0.3, -0.25) is 4.79 Å². The monoisotopic (exact) mass is 391 g/mol. The Labute approximate surface area is 167 Å². The molecule has 0 aromatic carbocycles. The van der Waals surface area contributed by atoms with Crippen LogP contribution in [0.15, 0.2) is 6.07 Å². The maximum atomic E-state index is 13.5. The minimum Gasteiger partial charge on any atom is -0.465 e. The summed E-state index contributed by atoms with van der Waals surface area (Å²) in [5.74, 6) is 0.686. The third kappa shape index (κ3) is 4.23. The molecule has 150 valence electrons. The average molecular weight is 392 g/mol. The summed E-state index contributed by atoms with van der Waals surface area (Å²) in [5, 5.41) is 0. The lowest BCUT2D eigenvalue weighted by atomic mass is 9.81. The number of thiophene rings is 1. The van der Waals surface area contributed by atoms with E-state index in [1.807, 2.05) is 4.90 Å². The van der Waals surface area contributed by atoms with E-state index in [1.54, 1.807) is 0 Å². The lowest BCUT2D eigenvalue weighted by molar-refractivity contribution is -0.124. The van der Waals surface area contributed by atoms with Crippen LogP contribution in [0.3, 0.4) is 0 Å². The van der Waals surface area contributed by atoms with Crippen molar-refractivity contribution in [1.82, 2.24) is 0 Å². The quantitative estimate of drug-likeness (QED) is 0.633. The maximum absolute atomic E-state index is 13.5. The molecule has 2 fully saturated rings. The smallest absolute Gasteiger partial charge is 0.350 e. The molecule has 0 atom stereocenters. The van der Waals surface area contributed by atoms with Crippen LogP contribution in [0, 0.1) is 11.8 Å². The number of esters is 1. The highest BCUT2D eigenvalue weighted by molar-refractivity contribution is 7.14. The summed E-state index contributed by atoms with van der Waals surface area (Å²) < 4.78 is 5.06. The zero-order chi connectivity index (χ0) is 19.8. The summed E-state index contributed by atoms with van der Waals surface area (Å²) >= 11 is 1.48. The van der Waals surface area contributed by atoms with E-state index in [1.165, 1.54) is 18.4 Å². The maximum Gasteiger partial charge on any atom is 0.350 e. The number of amides is 1. The van der Waals surface area contributed by atoms with Crippen LogP contribution >= 0.6 is 11.3 Å². The molecule has 1 amide bonds. The standard InChI is InChI=1S/C22H33NO3S/c1-14-9-11-15(12-10-14)20(24)23(16-7-6-8-16)17-13-18(22(2,3)4)27-19(17)21(25)26-5/h13-16H,6-12H2,1-5H3/t14-,15-. The van der Waals surface area contributed by atoms with Gasteiger partial charge in [-0.25, -0.2) is 4.79 Å². The SMILES string of the molecule is COC(=O)c1sc(C(C)(C)C)cc1N(C(=O)[C@H]1CC[C@H](C)CC1)C1CCC1. The van der Waals surface area contributed by atoms with Crippen LogP contribution in [0.4, 0.5) is 5.69 Å². The molecule has 2 aliphatic rings. The van der Waals surface area contributed by atoms with Gasteiger partial charge in [-0.1, -0.05) is 27.7 Å². The van der Waals surface area contributed by atoms with Crippen molar-refractivity contribution in [2.45, 2.75) is 84.1 Å². The molecule has 1 aromatic heterocycles. The molecule has 0 aliphatic heterocycles. The van der Waals surface area contributed by atoms with Gasteiger partial charge in [0.25, 0.3) is 0 Å². The summed E-state index contributed by atoms with van der Waals surface area (Å²) in [6.07, 6.45) is 7.37. The number of methoxy groups -OCH3 is 1. The van der Waals surface area contributed by atoms with Gasteiger partial charge in [-0.15, -0.1) is 11.3 Å². The van der Waals surface area contributed by atoms with E-state index in [2.05, 4.69) is 33.8 Å². The number of anilines is 1. The Morgan fingerprint density at radius 1 is 1.11 bits per heavy atom. The number of carbonyl (C=O) groups is 2. The van der Waals surface area contributed by atoms with Crippen LogP contribution < -0.4 is 4.90 Å². The first kappa shape index (κ1) is 20.4. The van der Waals surface area contributed by atoms with Gasteiger partial charge in [0.2, 0.25) is 5.91 Å². The summed E-state index contributed by atoms with van der Waals surface area (Å²) in [6.45, 7) is 8.69. The van der Waals surface area contributed by atoms with E-state index in [0.29, 0.717) is 10.8 Å². The number of hydrogen-bond acceptors (Lipinski definition) is 4. The first-order valence-electron chi connectivity index (χ1n) is 10.3. The van der Waals surface area contributed by atoms with Gasteiger partial charge >= 0.3 is 5.97 Å². The normalized spacial score (nSPS) is 23.6. The van der Waals surface area contributed by atoms with E-state index in [-0.39, 0.29) is 29.3 Å². The van der Waals surface area contributed by atoms with Crippen LogP contribution in [-0.4, -0.2) is 25.0 Å². The largest absolute Gasteiger partial charge is 0.465 e. The molecule has 0 radical (unpaired) electrons. The van der Waals surface area contributed by atoms with Gasteiger partial charge in [0, 0.05) is 16.8 Å². The number of nitrogens with zero attached hydrogens (tertiary/aromatic N) is 1. The summed E-state index contributed by atoms with van der Waals surface area (Å²) in [5.41, 5.74) is 0.713. The number of ether oxygens (including phenoxy) is 1. The Kier molecular flexibility index (Phi) is 5.99. The second-order valence-corrected chi connectivity index (χ2v) is 10.4. The van der Waals surface area contributed by atoms with E-state index < -0.39 is 0 Å². The van der Waals surface area contributed by atoms with Gasteiger partial charge < -0.3 is 9.64 Å². The molecule has 5 heteroatoms. The molecular weight excluding hydrogens is 358 g/mol. The zero-order valence-corrected chi connectivity index (χ0v) is 18.2. The Balaban J connectivity index is 1.98. The molecule has 1 heterocycles. The van der Waals surface area contributed by atoms with Crippen LogP contribution in [0.25, 0.3) is 0 Å². The predicted molar refractivity (Wildman–Crippen MR) is 111 cm³/mol. The van der Waals surface area contributed by atoms with Crippen molar-refractivity contribution < 1.29 is 14.3 Å². The second kappa shape index (κ2) is 7.94. The Bertz CT molecular complexity index is 691. The van der Waals surface area contributed by atoms with E-state index >= 15 is 0 Å². The molecule has 1 aromatic rings. The summed E-state index contributed by atoms with van der Waals surface area (Å²) in [7, 11) is 1.42. The minimum atomic E-state index is -0.333. The Hall–Kier alpha value is -1.36.